The molecule has 2 atom stereocenters. The van der Waals surface area contributed by atoms with Gasteiger partial charge in [-0.3, -0.25) is 4.57 Å². The first-order valence-electron chi connectivity index (χ1n) is 11.9. The number of carbonyl (C=O) groups is 1. The molecule has 1 aliphatic rings. The zero-order chi connectivity index (χ0) is 24.4. The number of carbonyl (C=O) groups excluding carboxylic acids is 1. The lowest BCUT2D eigenvalue weighted by Crippen LogP contribution is -2.35. The highest BCUT2D eigenvalue weighted by Crippen LogP contribution is 2.35. The van der Waals surface area contributed by atoms with E-state index in [4.69, 9.17) is 9.79 Å². The number of aliphatic hydroxyl groups excluding tert-OH is 1. The summed E-state index contributed by atoms with van der Waals surface area (Å²) in [6.07, 6.45) is 6.28. The second kappa shape index (κ2) is 12.9. The standard InChI is InChI=1S/C26H35N2O5P/c29-25(19-22-11-5-3-6-12-22)16-15-24-21-27(20-23-13-7-4-8-14-23)26(30)28(24)17-9-1-2-10-18-34(31,32)33/h3-8,11-16,24-25,29H,1-2,9-10,17-21H2,(H2,31,32,33). The Labute approximate surface area is 201 Å². The Kier molecular flexibility index (Phi) is 9.90. The number of hydrogen-bond acceptors (Lipinski definition) is 3. The summed E-state index contributed by atoms with van der Waals surface area (Å²) in [6, 6.07) is 19.5. The Morgan fingerprint density at radius 1 is 0.941 bits per heavy atom. The Morgan fingerprint density at radius 2 is 1.56 bits per heavy atom. The van der Waals surface area contributed by atoms with Crippen LogP contribution in [0.25, 0.3) is 0 Å². The van der Waals surface area contributed by atoms with E-state index in [-0.39, 0.29) is 18.2 Å². The van der Waals surface area contributed by atoms with Gasteiger partial charge in [-0.25, -0.2) is 4.79 Å². The molecule has 184 valence electrons. The minimum atomic E-state index is -3.94. The smallest absolute Gasteiger partial charge is 0.325 e. The van der Waals surface area contributed by atoms with Gasteiger partial charge in [-0.2, -0.15) is 0 Å². The van der Waals surface area contributed by atoms with Gasteiger partial charge in [-0.05, 0) is 24.0 Å². The summed E-state index contributed by atoms with van der Waals surface area (Å²) in [5.74, 6) is 0. The van der Waals surface area contributed by atoms with Crippen LogP contribution >= 0.6 is 7.60 Å². The van der Waals surface area contributed by atoms with Crippen LogP contribution in [0.5, 0.6) is 0 Å². The fraction of sp³-hybridized carbons (Fsp3) is 0.423. The lowest BCUT2D eigenvalue weighted by molar-refractivity contribution is 0.186. The Morgan fingerprint density at radius 3 is 2.21 bits per heavy atom. The molecule has 0 saturated carbocycles. The second-order valence-corrected chi connectivity index (χ2v) is 10.6. The van der Waals surface area contributed by atoms with E-state index in [9.17, 15) is 14.5 Å². The average molecular weight is 487 g/mol. The molecule has 2 aromatic carbocycles. The van der Waals surface area contributed by atoms with E-state index in [2.05, 4.69) is 0 Å². The van der Waals surface area contributed by atoms with Gasteiger partial charge < -0.3 is 24.7 Å². The Balaban J connectivity index is 1.58. The van der Waals surface area contributed by atoms with Crippen LogP contribution in [0, 0.1) is 0 Å². The molecule has 0 aliphatic carbocycles. The van der Waals surface area contributed by atoms with Crippen LogP contribution in [0.1, 0.15) is 36.8 Å². The molecular formula is C26H35N2O5P. The molecule has 1 aliphatic heterocycles. The molecule has 2 amide bonds. The van der Waals surface area contributed by atoms with E-state index in [1.807, 2.05) is 76.5 Å². The highest BCUT2D eigenvalue weighted by Gasteiger charge is 2.35. The molecule has 3 N–H and O–H groups in total. The van der Waals surface area contributed by atoms with Gasteiger partial charge in [-0.15, -0.1) is 0 Å². The molecule has 8 heteroatoms. The Hall–Kier alpha value is -2.44. The van der Waals surface area contributed by atoms with Gasteiger partial charge in [-0.1, -0.05) is 85.7 Å². The summed E-state index contributed by atoms with van der Waals surface area (Å²) in [4.78, 5) is 34.8. The van der Waals surface area contributed by atoms with Crippen molar-refractivity contribution < 1.29 is 24.3 Å². The molecule has 1 saturated heterocycles. The monoisotopic (exact) mass is 486 g/mol. The van der Waals surface area contributed by atoms with Crippen molar-refractivity contribution >= 4 is 13.6 Å². The number of benzene rings is 2. The quantitative estimate of drug-likeness (QED) is 0.224. The number of unbranched alkanes of at least 4 members (excludes halogenated alkanes) is 3. The van der Waals surface area contributed by atoms with Crippen LogP contribution in [0.15, 0.2) is 72.8 Å². The summed E-state index contributed by atoms with van der Waals surface area (Å²) in [5.41, 5.74) is 2.13. The molecule has 3 rings (SSSR count). The molecule has 0 aromatic heterocycles. The summed E-state index contributed by atoms with van der Waals surface area (Å²) in [6.45, 7) is 1.67. The highest BCUT2D eigenvalue weighted by molar-refractivity contribution is 7.51. The lowest BCUT2D eigenvalue weighted by atomic mass is 10.1. The second-order valence-electron chi connectivity index (χ2n) is 8.85. The predicted octanol–water partition coefficient (Wildman–Crippen LogP) is 4.19. The highest BCUT2D eigenvalue weighted by atomic mass is 31.2. The van der Waals surface area contributed by atoms with Gasteiger partial charge in [0.15, 0.2) is 0 Å². The van der Waals surface area contributed by atoms with Crippen molar-refractivity contribution in [3.8, 4) is 0 Å². The van der Waals surface area contributed by atoms with Crippen LogP contribution in [-0.2, 0) is 17.5 Å². The largest absolute Gasteiger partial charge is 0.389 e. The van der Waals surface area contributed by atoms with Gasteiger partial charge in [0, 0.05) is 32.2 Å². The lowest BCUT2D eigenvalue weighted by Gasteiger charge is -2.21. The molecule has 1 fully saturated rings. The zero-order valence-electron chi connectivity index (χ0n) is 19.4. The van der Waals surface area contributed by atoms with E-state index >= 15 is 0 Å². The number of amides is 2. The van der Waals surface area contributed by atoms with E-state index in [0.717, 1.165) is 30.4 Å². The third-order valence-electron chi connectivity index (χ3n) is 5.98. The van der Waals surface area contributed by atoms with Crippen LogP contribution in [0.3, 0.4) is 0 Å². The topological polar surface area (TPSA) is 101 Å². The van der Waals surface area contributed by atoms with Crippen LogP contribution in [0.2, 0.25) is 0 Å². The Bertz CT molecular complexity index is 964. The van der Waals surface area contributed by atoms with Crippen molar-refractivity contribution in [2.24, 2.45) is 0 Å². The zero-order valence-corrected chi connectivity index (χ0v) is 20.3. The van der Waals surface area contributed by atoms with Gasteiger partial charge >= 0.3 is 13.6 Å². The molecule has 34 heavy (non-hydrogen) atoms. The van der Waals surface area contributed by atoms with Gasteiger partial charge in [0.25, 0.3) is 0 Å². The predicted molar refractivity (Wildman–Crippen MR) is 133 cm³/mol. The minimum Gasteiger partial charge on any atom is -0.389 e. The number of nitrogens with zero attached hydrogens (tertiary/aromatic N) is 2. The third kappa shape index (κ3) is 8.73. The van der Waals surface area contributed by atoms with Crippen LogP contribution in [0.4, 0.5) is 4.79 Å². The first-order valence-corrected chi connectivity index (χ1v) is 13.7. The number of hydrogen-bond donors (Lipinski definition) is 3. The molecule has 2 aromatic rings. The van der Waals surface area contributed by atoms with E-state index < -0.39 is 13.7 Å². The minimum absolute atomic E-state index is 0.0220. The number of urea groups is 1. The molecule has 0 bridgehead atoms. The fourth-order valence-corrected chi connectivity index (χ4v) is 4.86. The van der Waals surface area contributed by atoms with Crippen molar-refractivity contribution in [2.75, 3.05) is 19.3 Å². The van der Waals surface area contributed by atoms with Crippen molar-refractivity contribution in [3.05, 3.63) is 83.9 Å². The van der Waals surface area contributed by atoms with Crippen LogP contribution in [-0.4, -0.2) is 62.1 Å². The average Bonchev–Trinajstić information content (AvgIpc) is 3.09. The van der Waals surface area contributed by atoms with Crippen molar-refractivity contribution in [1.29, 1.82) is 0 Å². The normalized spacial score (nSPS) is 17.6. The molecule has 2 unspecified atom stereocenters. The van der Waals surface area contributed by atoms with E-state index in [1.54, 1.807) is 6.08 Å². The molecule has 7 nitrogen and oxygen atoms in total. The summed E-state index contributed by atoms with van der Waals surface area (Å²) in [5, 5.41) is 10.5. The van der Waals surface area contributed by atoms with Crippen molar-refractivity contribution in [3.63, 3.8) is 0 Å². The maximum atomic E-state index is 13.2. The summed E-state index contributed by atoms with van der Waals surface area (Å²) < 4.78 is 11.0. The van der Waals surface area contributed by atoms with E-state index in [1.165, 1.54) is 0 Å². The SMILES string of the molecule is O=C1N(Cc2ccccc2)CC(C=CC(O)Cc2ccccc2)N1CCCCCCP(=O)(O)O. The number of rotatable bonds is 13. The maximum absolute atomic E-state index is 13.2. The molecule has 0 spiro atoms. The van der Waals surface area contributed by atoms with Crippen molar-refractivity contribution in [1.82, 2.24) is 9.80 Å². The van der Waals surface area contributed by atoms with Crippen molar-refractivity contribution in [2.45, 2.75) is 50.8 Å². The molecule has 0 radical (unpaired) electrons. The van der Waals surface area contributed by atoms with Gasteiger partial charge in [0.05, 0.1) is 12.1 Å². The van der Waals surface area contributed by atoms with E-state index in [0.29, 0.717) is 32.5 Å². The first-order chi connectivity index (χ1) is 16.3. The number of aliphatic hydroxyl groups is 1. The van der Waals surface area contributed by atoms with Gasteiger partial charge in [0.2, 0.25) is 0 Å². The molecular weight excluding hydrogens is 451 g/mol. The summed E-state index contributed by atoms with van der Waals surface area (Å²) in [7, 11) is -3.94. The van der Waals surface area contributed by atoms with Gasteiger partial charge in [0.1, 0.15) is 0 Å². The van der Waals surface area contributed by atoms with Crippen LogP contribution < -0.4 is 0 Å². The first kappa shape index (κ1) is 26.2. The summed E-state index contributed by atoms with van der Waals surface area (Å²) >= 11 is 0. The molecule has 1 heterocycles. The fourth-order valence-electron chi connectivity index (χ4n) is 4.22. The third-order valence-corrected chi connectivity index (χ3v) is 6.88. The maximum Gasteiger partial charge on any atom is 0.325 e.